The summed E-state index contributed by atoms with van der Waals surface area (Å²) in [6, 6.07) is 9.69. The Morgan fingerprint density at radius 2 is 2.09 bits per heavy atom. The molecule has 7 heteroatoms. The number of nitrogens with one attached hydrogen (secondary N) is 2. The third kappa shape index (κ3) is 5.21. The zero-order chi connectivity index (χ0) is 16.2. The number of hydrogen-bond donors (Lipinski definition) is 2. The fourth-order valence-electron chi connectivity index (χ4n) is 2.05. The molecule has 1 fully saturated rings. The molecule has 0 spiro atoms. The van der Waals surface area contributed by atoms with E-state index in [1.807, 2.05) is 24.3 Å². The summed E-state index contributed by atoms with van der Waals surface area (Å²) in [6.07, 6.45) is 2.23. The van der Waals surface area contributed by atoms with Crippen LogP contribution in [0.5, 0.6) is 0 Å². The Bertz CT molecular complexity index is 757. The lowest BCUT2D eigenvalue weighted by molar-refractivity contribution is -0.120. The molecular weight excluding hydrogens is 378 g/mol. The maximum absolute atomic E-state index is 11.8. The lowest BCUT2D eigenvalue weighted by atomic mass is 10.2. The van der Waals surface area contributed by atoms with Crippen LogP contribution in [0.2, 0.25) is 0 Å². The van der Waals surface area contributed by atoms with Crippen molar-refractivity contribution >= 4 is 33.6 Å². The summed E-state index contributed by atoms with van der Waals surface area (Å²) in [7, 11) is 0. The van der Waals surface area contributed by atoms with E-state index in [9.17, 15) is 9.59 Å². The minimum atomic E-state index is -0.229. The van der Waals surface area contributed by atoms with Crippen LogP contribution in [0.1, 0.15) is 24.1 Å². The number of halogens is 1. The van der Waals surface area contributed by atoms with E-state index in [4.69, 9.17) is 0 Å². The van der Waals surface area contributed by atoms with Crippen LogP contribution in [-0.2, 0) is 17.0 Å². The molecule has 120 valence electrons. The summed E-state index contributed by atoms with van der Waals surface area (Å²) in [5, 5.41) is 3.44. The lowest BCUT2D eigenvalue weighted by Gasteiger charge is -2.05. The van der Waals surface area contributed by atoms with Gasteiger partial charge in [-0.05, 0) is 30.5 Å². The third-order valence-corrected chi connectivity index (χ3v) is 4.82. The van der Waals surface area contributed by atoms with Crippen LogP contribution in [0.4, 0.5) is 0 Å². The van der Waals surface area contributed by atoms with Crippen molar-refractivity contribution < 1.29 is 4.79 Å². The molecule has 1 saturated carbocycles. The van der Waals surface area contributed by atoms with Crippen molar-refractivity contribution in [2.75, 3.05) is 0 Å². The number of carbonyl (C=O) groups is 1. The summed E-state index contributed by atoms with van der Waals surface area (Å²) in [4.78, 5) is 30.6. The number of rotatable bonds is 6. The number of benzene rings is 1. The average molecular weight is 394 g/mol. The highest BCUT2D eigenvalue weighted by Gasteiger charge is 2.23. The summed E-state index contributed by atoms with van der Waals surface area (Å²) in [5.41, 5.74) is 1.41. The second-order valence-electron chi connectivity index (χ2n) is 5.48. The molecule has 1 aromatic heterocycles. The number of amides is 1. The van der Waals surface area contributed by atoms with Gasteiger partial charge in [-0.25, -0.2) is 4.98 Å². The molecule has 0 unspecified atom stereocenters. The molecule has 0 saturated heterocycles. The van der Waals surface area contributed by atoms with Crippen molar-refractivity contribution in [3.8, 4) is 0 Å². The SMILES string of the molecule is O=C(Cc1cc(=O)[nH]c(SCc2ccc(Br)cc2)n1)NC1CC1. The van der Waals surface area contributed by atoms with E-state index < -0.39 is 0 Å². The van der Waals surface area contributed by atoms with Crippen LogP contribution in [-0.4, -0.2) is 21.9 Å². The summed E-state index contributed by atoms with van der Waals surface area (Å²) in [5.74, 6) is 0.628. The largest absolute Gasteiger partial charge is 0.353 e. The molecule has 1 aromatic carbocycles. The fraction of sp³-hybridized carbons (Fsp3) is 0.312. The fourth-order valence-corrected chi connectivity index (χ4v) is 3.16. The minimum absolute atomic E-state index is 0.0746. The molecule has 0 atom stereocenters. The average Bonchev–Trinajstić information content (AvgIpc) is 3.30. The van der Waals surface area contributed by atoms with Crippen LogP contribution in [0, 0.1) is 0 Å². The van der Waals surface area contributed by atoms with Crippen molar-refractivity contribution in [1.29, 1.82) is 0 Å². The van der Waals surface area contributed by atoms with Gasteiger partial charge in [0.1, 0.15) is 0 Å². The molecule has 1 aliphatic carbocycles. The minimum Gasteiger partial charge on any atom is -0.353 e. The van der Waals surface area contributed by atoms with Gasteiger partial charge in [-0.15, -0.1) is 0 Å². The van der Waals surface area contributed by atoms with Gasteiger partial charge in [-0.3, -0.25) is 9.59 Å². The van der Waals surface area contributed by atoms with Crippen molar-refractivity contribution in [2.24, 2.45) is 0 Å². The van der Waals surface area contributed by atoms with E-state index in [1.54, 1.807) is 0 Å². The molecule has 1 amide bonds. The quantitative estimate of drug-likeness (QED) is 0.584. The van der Waals surface area contributed by atoms with E-state index in [0.717, 1.165) is 22.9 Å². The predicted octanol–water partition coefficient (Wildman–Crippen LogP) is 2.65. The second-order valence-corrected chi connectivity index (χ2v) is 7.36. The number of H-pyrrole nitrogens is 1. The van der Waals surface area contributed by atoms with Crippen LogP contribution < -0.4 is 10.9 Å². The topological polar surface area (TPSA) is 74.8 Å². The first-order valence-electron chi connectivity index (χ1n) is 7.35. The maximum atomic E-state index is 11.8. The van der Waals surface area contributed by atoms with Gasteiger partial charge in [0.05, 0.1) is 12.1 Å². The smallest absolute Gasteiger partial charge is 0.251 e. The summed E-state index contributed by atoms with van der Waals surface area (Å²) >= 11 is 4.85. The summed E-state index contributed by atoms with van der Waals surface area (Å²) < 4.78 is 1.03. The third-order valence-electron chi connectivity index (χ3n) is 3.35. The van der Waals surface area contributed by atoms with Gasteiger partial charge < -0.3 is 10.3 Å². The maximum Gasteiger partial charge on any atom is 0.251 e. The highest BCUT2D eigenvalue weighted by Crippen LogP contribution is 2.21. The van der Waals surface area contributed by atoms with Gasteiger partial charge in [0.25, 0.3) is 5.56 Å². The second kappa shape index (κ2) is 7.31. The first-order chi connectivity index (χ1) is 11.1. The molecule has 0 radical (unpaired) electrons. The molecule has 1 heterocycles. The van der Waals surface area contributed by atoms with Crippen molar-refractivity contribution in [1.82, 2.24) is 15.3 Å². The Kier molecular flexibility index (Phi) is 5.17. The normalized spacial score (nSPS) is 13.8. The van der Waals surface area contributed by atoms with Crippen molar-refractivity contribution in [3.05, 3.63) is 56.4 Å². The number of carbonyl (C=O) groups excluding carboxylic acids is 1. The first-order valence-corrected chi connectivity index (χ1v) is 9.13. The van der Waals surface area contributed by atoms with Crippen LogP contribution in [0.15, 0.2) is 44.8 Å². The lowest BCUT2D eigenvalue weighted by Crippen LogP contribution is -2.28. The molecule has 2 aromatic rings. The molecule has 1 aliphatic rings. The molecule has 2 N–H and O–H groups in total. The molecular formula is C16H16BrN3O2S. The van der Waals surface area contributed by atoms with Crippen molar-refractivity contribution in [3.63, 3.8) is 0 Å². The number of nitrogens with zero attached hydrogens (tertiary/aromatic N) is 1. The molecule has 3 rings (SSSR count). The van der Waals surface area contributed by atoms with Gasteiger partial charge in [-0.2, -0.15) is 0 Å². The van der Waals surface area contributed by atoms with Gasteiger partial charge >= 0.3 is 0 Å². The Balaban J connectivity index is 1.63. The Hall–Kier alpha value is -1.60. The van der Waals surface area contributed by atoms with Crippen LogP contribution >= 0.6 is 27.7 Å². The highest BCUT2D eigenvalue weighted by molar-refractivity contribution is 9.10. The van der Waals surface area contributed by atoms with Gasteiger partial charge in [0.2, 0.25) is 5.91 Å². The van der Waals surface area contributed by atoms with Gasteiger partial charge in [-0.1, -0.05) is 39.8 Å². The number of hydrogen-bond acceptors (Lipinski definition) is 4. The number of aromatic nitrogens is 2. The van der Waals surface area contributed by atoms with E-state index in [1.165, 1.54) is 17.8 Å². The molecule has 5 nitrogen and oxygen atoms in total. The standard InChI is InChI=1S/C16H16BrN3O2S/c17-11-3-1-10(2-4-11)9-23-16-19-13(8-15(22)20-16)7-14(21)18-12-5-6-12/h1-4,8,12H,5-7,9H2,(H,18,21)(H,19,20,22). The van der Waals surface area contributed by atoms with Gasteiger partial charge in [0.15, 0.2) is 5.16 Å². The Labute approximate surface area is 146 Å². The molecule has 0 aliphatic heterocycles. The van der Waals surface area contributed by atoms with Gasteiger partial charge in [0, 0.05) is 22.3 Å². The Morgan fingerprint density at radius 3 is 2.78 bits per heavy atom. The van der Waals surface area contributed by atoms with Crippen LogP contribution in [0.3, 0.4) is 0 Å². The van der Waals surface area contributed by atoms with E-state index in [0.29, 0.717) is 22.6 Å². The van der Waals surface area contributed by atoms with E-state index >= 15 is 0 Å². The van der Waals surface area contributed by atoms with E-state index in [2.05, 4.69) is 31.2 Å². The Morgan fingerprint density at radius 1 is 1.35 bits per heavy atom. The number of thioether (sulfide) groups is 1. The zero-order valence-electron chi connectivity index (χ0n) is 12.3. The number of aromatic amines is 1. The first kappa shape index (κ1) is 16.3. The monoisotopic (exact) mass is 393 g/mol. The van der Waals surface area contributed by atoms with E-state index in [-0.39, 0.29) is 17.9 Å². The van der Waals surface area contributed by atoms with Crippen LogP contribution in [0.25, 0.3) is 0 Å². The molecule has 23 heavy (non-hydrogen) atoms. The molecule has 0 bridgehead atoms. The highest BCUT2D eigenvalue weighted by atomic mass is 79.9. The predicted molar refractivity (Wildman–Crippen MR) is 93.4 cm³/mol. The summed E-state index contributed by atoms with van der Waals surface area (Å²) in [6.45, 7) is 0. The zero-order valence-corrected chi connectivity index (χ0v) is 14.7. The van der Waals surface area contributed by atoms with Crippen molar-refractivity contribution in [2.45, 2.75) is 36.2 Å².